The molecule has 110 valence electrons. The first-order chi connectivity index (χ1) is 10.5. The highest BCUT2D eigenvalue weighted by molar-refractivity contribution is 7.16. The van der Waals surface area contributed by atoms with Crippen molar-refractivity contribution in [2.24, 2.45) is 0 Å². The number of carbonyl (C=O) groups excluding carboxylic acids is 2. The normalized spacial score (nSPS) is 10.8. The summed E-state index contributed by atoms with van der Waals surface area (Å²) in [6.07, 6.45) is 0. The molecule has 0 saturated carbocycles. The molecule has 0 spiro atoms. The summed E-state index contributed by atoms with van der Waals surface area (Å²) in [5, 5.41) is 0. The molecule has 0 N–H and O–H groups in total. The smallest absolute Gasteiger partial charge is 0.295 e. The average Bonchev–Trinajstić information content (AvgIpc) is 2.81. The summed E-state index contributed by atoms with van der Waals surface area (Å²) in [6, 6.07) is 12.1. The number of rotatable bonds is 2. The Morgan fingerprint density at radius 3 is 2.50 bits per heavy atom. The number of ketones is 1. The molecule has 0 atom stereocenters. The summed E-state index contributed by atoms with van der Waals surface area (Å²) >= 11 is 0.972. The highest BCUT2D eigenvalue weighted by atomic mass is 32.1. The van der Waals surface area contributed by atoms with E-state index < -0.39 is 0 Å². The fourth-order valence-corrected chi connectivity index (χ4v) is 3.25. The molecule has 0 aliphatic rings. The minimum Gasteiger partial charge on any atom is -0.295 e. The van der Waals surface area contributed by atoms with E-state index in [1.807, 2.05) is 13.0 Å². The van der Waals surface area contributed by atoms with Gasteiger partial charge in [-0.1, -0.05) is 29.0 Å². The van der Waals surface area contributed by atoms with E-state index in [0.717, 1.165) is 16.9 Å². The summed E-state index contributed by atoms with van der Waals surface area (Å²) in [7, 11) is 0. The van der Waals surface area contributed by atoms with E-state index in [1.54, 1.807) is 36.4 Å². The quantitative estimate of drug-likeness (QED) is 0.683. The number of hydrogen-bond acceptors (Lipinski definition) is 4. The maximum atomic E-state index is 12.6. The number of thiazole rings is 1. The van der Waals surface area contributed by atoms with Gasteiger partial charge < -0.3 is 0 Å². The van der Waals surface area contributed by atoms with Gasteiger partial charge in [0.2, 0.25) is 0 Å². The van der Waals surface area contributed by atoms with E-state index in [-0.39, 0.29) is 16.6 Å². The van der Waals surface area contributed by atoms with Crippen molar-refractivity contribution in [2.45, 2.75) is 13.8 Å². The third-order valence-electron chi connectivity index (χ3n) is 3.46. The Bertz CT molecular complexity index is 965. The van der Waals surface area contributed by atoms with Crippen molar-refractivity contribution in [3.05, 3.63) is 68.8 Å². The maximum Gasteiger partial charge on any atom is 0.315 e. The number of benzene rings is 2. The van der Waals surface area contributed by atoms with Gasteiger partial charge in [-0.3, -0.25) is 14.4 Å². The van der Waals surface area contributed by atoms with Gasteiger partial charge in [-0.05, 0) is 44.2 Å². The number of fused-ring (bicyclic) bond motifs is 1. The summed E-state index contributed by atoms with van der Waals surface area (Å²) in [5.41, 5.74) is 2.49. The standard InChI is InChI=1S/C17H13NO3S/c1-10-4-3-5-13(8-10)16(20)18-14-7-6-12(11(2)19)9-15(14)22-17(18)21/h3-9H,1-2H3. The third kappa shape index (κ3) is 2.40. The third-order valence-corrected chi connectivity index (χ3v) is 4.36. The molecule has 0 saturated heterocycles. The Kier molecular flexibility index (Phi) is 3.50. The van der Waals surface area contributed by atoms with E-state index in [4.69, 9.17) is 0 Å². The molecule has 3 aromatic rings. The van der Waals surface area contributed by atoms with Gasteiger partial charge in [0.25, 0.3) is 5.91 Å². The van der Waals surface area contributed by atoms with Crippen molar-refractivity contribution in [3.63, 3.8) is 0 Å². The van der Waals surface area contributed by atoms with Crippen molar-refractivity contribution >= 4 is 33.2 Å². The van der Waals surface area contributed by atoms with Crippen LogP contribution in [-0.2, 0) is 0 Å². The number of aromatic nitrogens is 1. The lowest BCUT2D eigenvalue weighted by Crippen LogP contribution is -2.22. The monoisotopic (exact) mass is 311 g/mol. The first kappa shape index (κ1) is 14.4. The van der Waals surface area contributed by atoms with Crippen LogP contribution >= 0.6 is 11.3 Å². The van der Waals surface area contributed by atoms with Crippen molar-refractivity contribution < 1.29 is 9.59 Å². The molecule has 0 fully saturated rings. The predicted molar refractivity (Wildman–Crippen MR) is 87.0 cm³/mol. The van der Waals surface area contributed by atoms with Crippen molar-refractivity contribution in [3.8, 4) is 0 Å². The van der Waals surface area contributed by atoms with Gasteiger partial charge in [0.05, 0.1) is 10.2 Å². The van der Waals surface area contributed by atoms with Crippen molar-refractivity contribution in [2.75, 3.05) is 0 Å². The zero-order valence-corrected chi connectivity index (χ0v) is 12.9. The highest BCUT2D eigenvalue weighted by Crippen LogP contribution is 2.20. The van der Waals surface area contributed by atoms with Crippen LogP contribution in [0, 0.1) is 6.92 Å². The topological polar surface area (TPSA) is 56.1 Å². The van der Waals surface area contributed by atoms with Crippen LogP contribution in [0.2, 0.25) is 0 Å². The van der Waals surface area contributed by atoms with Gasteiger partial charge in [-0.25, -0.2) is 4.57 Å². The summed E-state index contributed by atoms with van der Waals surface area (Å²) in [4.78, 5) is 35.9. The SMILES string of the molecule is CC(=O)c1ccc2c(c1)sc(=O)n2C(=O)c1cccc(C)c1. The Labute approximate surface area is 130 Å². The van der Waals surface area contributed by atoms with E-state index in [0.29, 0.717) is 21.3 Å². The second-order valence-electron chi connectivity index (χ2n) is 5.12. The Hall–Kier alpha value is -2.53. The zero-order chi connectivity index (χ0) is 15.9. The van der Waals surface area contributed by atoms with Crippen LogP contribution in [0.1, 0.15) is 33.2 Å². The largest absolute Gasteiger partial charge is 0.315 e. The molecule has 0 bridgehead atoms. The summed E-state index contributed by atoms with van der Waals surface area (Å²) < 4.78 is 1.80. The molecule has 0 radical (unpaired) electrons. The van der Waals surface area contributed by atoms with Gasteiger partial charge in [-0.15, -0.1) is 0 Å². The number of Topliss-reactive ketones (excluding diaryl/α,β-unsaturated/α-hetero) is 1. The molecular formula is C17H13NO3S. The fraction of sp³-hybridized carbons (Fsp3) is 0.118. The molecule has 3 rings (SSSR count). The second kappa shape index (κ2) is 5.35. The first-order valence-corrected chi connectivity index (χ1v) is 7.57. The Balaban J connectivity index is 2.19. The first-order valence-electron chi connectivity index (χ1n) is 6.75. The van der Waals surface area contributed by atoms with Crippen molar-refractivity contribution in [1.29, 1.82) is 0 Å². The summed E-state index contributed by atoms with van der Waals surface area (Å²) in [5.74, 6) is -0.421. The highest BCUT2D eigenvalue weighted by Gasteiger charge is 2.17. The zero-order valence-electron chi connectivity index (χ0n) is 12.1. The molecule has 0 amide bonds. The molecule has 0 aliphatic carbocycles. The minimum atomic E-state index is -0.351. The van der Waals surface area contributed by atoms with E-state index in [1.165, 1.54) is 11.5 Å². The second-order valence-corrected chi connectivity index (χ2v) is 6.11. The van der Waals surface area contributed by atoms with E-state index in [9.17, 15) is 14.4 Å². The van der Waals surface area contributed by atoms with Crippen LogP contribution in [0.25, 0.3) is 10.2 Å². The maximum absolute atomic E-state index is 12.6. The van der Waals surface area contributed by atoms with Crippen molar-refractivity contribution in [1.82, 2.24) is 4.57 Å². The summed E-state index contributed by atoms with van der Waals surface area (Å²) in [6.45, 7) is 3.36. The van der Waals surface area contributed by atoms with E-state index in [2.05, 4.69) is 0 Å². The van der Waals surface area contributed by atoms with Crippen LogP contribution in [-0.4, -0.2) is 16.3 Å². The average molecular weight is 311 g/mol. The fourth-order valence-electron chi connectivity index (χ4n) is 2.34. The lowest BCUT2D eigenvalue weighted by atomic mass is 10.1. The molecule has 0 unspecified atom stereocenters. The van der Waals surface area contributed by atoms with Gasteiger partial charge in [0, 0.05) is 11.1 Å². The number of hydrogen-bond donors (Lipinski definition) is 0. The van der Waals surface area contributed by atoms with Gasteiger partial charge in [0.1, 0.15) is 0 Å². The van der Waals surface area contributed by atoms with E-state index >= 15 is 0 Å². The Morgan fingerprint density at radius 1 is 1.05 bits per heavy atom. The molecule has 2 aromatic carbocycles. The lowest BCUT2D eigenvalue weighted by molar-refractivity contribution is 0.0961. The number of carbonyl (C=O) groups is 2. The van der Waals surface area contributed by atoms with Gasteiger partial charge in [-0.2, -0.15) is 0 Å². The van der Waals surface area contributed by atoms with Crippen LogP contribution in [0.15, 0.2) is 47.3 Å². The molecular weight excluding hydrogens is 298 g/mol. The Morgan fingerprint density at radius 2 is 1.82 bits per heavy atom. The predicted octanol–water partition coefficient (Wildman–Crippen LogP) is 3.26. The molecule has 1 aromatic heterocycles. The van der Waals surface area contributed by atoms with Crippen LogP contribution in [0.4, 0.5) is 0 Å². The molecule has 1 heterocycles. The van der Waals surface area contributed by atoms with Crippen LogP contribution in [0.5, 0.6) is 0 Å². The molecule has 5 heteroatoms. The van der Waals surface area contributed by atoms with Crippen LogP contribution in [0.3, 0.4) is 0 Å². The minimum absolute atomic E-state index is 0.0701. The van der Waals surface area contributed by atoms with Crippen LogP contribution < -0.4 is 4.87 Å². The lowest BCUT2D eigenvalue weighted by Gasteiger charge is -2.04. The molecule has 0 aliphatic heterocycles. The van der Waals surface area contributed by atoms with Gasteiger partial charge >= 0.3 is 4.87 Å². The number of aryl methyl sites for hydroxylation is 1. The number of nitrogens with zero attached hydrogens (tertiary/aromatic N) is 1. The molecule has 22 heavy (non-hydrogen) atoms. The van der Waals surface area contributed by atoms with Gasteiger partial charge in [0.15, 0.2) is 5.78 Å². The molecule has 4 nitrogen and oxygen atoms in total.